The molecule has 1 atom stereocenters. The normalized spacial score (nSPS) is 19.1. The molecule has 2 rings (SSSR count). The summed E-state index contributed by atoms with van der Waals surface area (Å²) in [4.78, 5) is 14.0. The molecule has 18 heavy (non-hydrogen) atoms. The second kappa shape index (κ2) is 5.54. The summed E-state index contributed by atoms with van der Waals surface area (Å²) in [5.41, 5.74) is 1.50. The minimum Gasteiger partial charge on any atom is -0.358 e. The van der Waals surface area contributed by atoms with Crippen LogP contribution >= 0.6 is 0 Å². The number of carbonyl (C=O) groups is 1. The Balaban J connectivity index is 2.34. The number of piperidine rings is 1. The van der Waals surface area contributed by atoms with E-state index in [1.54, 1.807) is 13.1 Å². The molecule has 4 heteroatoms. The third kappa shape index (κ3) is 2.30. The average molecular weight is 243 g/mol. The van der Waals surface area contributed by atoms with E-state index >= 15 is 0 Å². The highest BCUT2D eigenvalue weighted by Crippen LogP contribution is 2.27. The van der Waals surface area contributed by atoms with E-state index in [1.165, 1.54) is 0 Å². The van der Waals surface area contributed by atoms with Crippen molar-refractivity contribution in [1.29, 1.82) is 5.26 Å². The van der Waals surface area contributed by atoms with Gasteiger partial charge in [-0.2, -0.15) is 5.26 Å². The van der Waals surface area contributed by atoms with Gasteiger partial charge in [-0.25, -0.2) is 0 Å². The number of rotatable bonds is 2. The van der Waals surface area contributed by atoms with Gasteiger partial charge in [0, 0.05) is 13.6 Å². The molecule has 1 unspecified atom stereocenters. The summed E-state index contributed by atoms with van der Waals surface area (Å²) in [7, 11) is 1.66. The fourth-order valence-electron chi connectivity index (χ4n) is 2.48. The average Bonchev–Trinajstić information content (AvgIpc) is 2.46. The van der Waals surface area contributed by atoms with Crippen LogP contribution in [0.5, 0.6) is 0 Å². The van der Waals surface area contributed by atoms with Crippen LogP contribution in [0.3, 0.4) is 0 Å². The maximum absolute atomic E-state index is 11.9. The molecule has 0 saturated carbocycles. The van der Waals surface area contributed by atoms with Crippen molar-refractivity contribution < 1.29 is 4.79 Å². The van der Waals surface area contributed by atoms with Gasteiger partial charge in [-0.05, 0) is 31.4 Å². The summed E-state index contributed by atoms with van der Waals surface area (Å²) >= 11 is 0. The highest BCUT2D eigenvalue weighted by Gasteiger charge is 2.29. The zero-order valence-corrected chi connectivity index (χ0v) is 10.5. The van der Waals surface area contributed by atoms with E-state index in [0.29, 0.717) is 5.56 Å². The zero-order chi connectivity index (χ0) is 13.0. The highest BCUT2D eigenvalue weighted by atomic mass is 16.2. The van der Waals surface area contributed by atoms with Gasteiger partial charge in [-0.3, -0.25) is 4.79 Å². The summed E-state index contributed by atoms with van der Waals surface area (Å²) in [6.45, 7) is 0.830. The van der Waals surface area contributed by atoms with E-state index < -0.39 is 0 Å². The third-order valence-corrected chi connectivity index (χ3v) is 3.39. The van der Waals surface area contributed by atoms with Crippen molar-refractivity contribution in [2.45, 2.75) is 25.3 Å². The van der Waals surface area contributed by atoms with Crippen molar-refractivity contribution in [2.75, 3.05) is 18.5 Å². The summed E-state index contributed by atoms with van der Waals surface area (Å²) < 4.78 is 0. The van der Waals surface area contributed by atoms with E-state index in [2.05, 4.69) is 16.3 Å². The molecule has 1 saturated heterocycles. The monoisotopic (exact) mass is 243 g/mol. The lowest BCUT2D eigenvalue weighted by Gasteiger charge is -2.36. The number of nitriles is 1. The molecule has 1 aromatic carbocycles. The minimum atomic E-state index is -0.154. The molecule has 0 radical (unpaired) electrons. The van der Waals surface area contributed by atoms with Gasteiger partial charge >= 0.3 is 0 Å². The van der Waals surface area contributed by atoms with Gasteiger partial charge in [-0.1, -0.05) is 12.1 Å². The number of nitrogens with zero attached hydrogens (tertiary/aromatic N) is 2. The molecule has 1 aromatic rings. The number of nitrogens with one attached hydrogen (secondary N) is 1. The van der Waals surface area contributed by atoms with Crippen LogP contribution in [-0.4, -0.2) is 25.5 Å². The third-order valence-electron chi connectivity index (χ3n) is 3.39. The molecule has 0 spiro atoms. The molecule has 0 aromatic heterocycles. The highest BCUT2D eigenvalue weighted by molar-refractivity contribution is 5.85. The van der Waals surface area contributed by atoms with E-state index in [4.69, 9.17) is 5.26 Å². The van der Waals surface area contributed by atoms with Gasteiger partial charge in [0.05, 0.1) is 11.3 Å². The number of hydrogen-bond donors (Lipinski definition) is 1. The van der Waals surface area contributed by atoms with E-state index in [9.17, 15) is 4.79 Å². The van der Waals surface area contributed by atoms with Crippen molar-refractivity contribution >= 4 is 11.6 Å². The number of hydrogen-bond acceptors (Lipinski definition) is 3. The van der Waals surface area contributed by atoms with Crippen molar-refractivity contribution in [3.05, 3.63) is 29.8 Å². The van der Waals surface area contributed by atoms with Crippen LogP contribution in [0, 0.1) is 11.3 Å². The lowest BCUT2D eigenvalue weighted by molar-refractivity contribution is -0.122. The van der Waals surface area contributed by atoms with Crippen LogP contribution in [0.25, 0.3) is 0 Å². The van der Waals surface area contributed by atoms with Crippen LogP contribution in [0.1, 0.15) is 24.8 Å². The Morgan fingerprint density at radius 1 is 1.44 bits per heavy atom. The van der Waals surface area contributed by atoms with Crippen LogP contribution in [0.4, 0.5) is 5.69 Å². The molecule has 1 amide bonds. The van der Waals surface area contributed by atoms with Gasteiger partial charge in [0.25, 0.3) is 0 Å². The van der Waals surface area contributed by atoms with Gasteiger partial charge in [0.2, 0.25) is 5.91 Å². The quantitative estimate of drug-likeness (QED) is 0.859. The standard InChI is InChI=1S/C14H17N3O/c1-16-14(18)13-8-4-5-9-17(13)12-7-3-2-6-11(12)10-15/h2-3,6-7,13H,4-5,8-9H2,1H3,(H,16,18). The number of carbonyl (C=O) groups excluding carboxylic acids is 1. The van der Waals surface area contributed by atoms with Gasteiger partial charge in [-0.15, -0.1) is 0 Å². The first-order valence-electron chi connectivity index (χ1n) is 6.25. The first-order chi connectivity index (χ1) is 8.77. The number of likely N-dealkylation sites (N-methyl/N-ethyl adjacent to an activating group) is 1. The molecule has 0 aliphatic carbocycles. The number of para-hydroxylation sites is 1. The lowest BCUT2D eigenvalue weighted by Crippen LogP contribution is -2.49. The Labute approximate surface area is 107 Å². The predicted octanol–water partition coefficient (Wildman–Crippen LogP) is 1.66. The van der Waals surface area contributed by atoms with Crippen molar-refractivity contribution in [1.82, 2.24) is 5.32 Å². The lowest BCUT2D eigenvalue weighted by atomic mass is 9.99. The molecule has 1 aliphatic heterocycles. The van der Waals surface area contributed by atoms with Crippen LogP contribution < -0.4 is 10.2 Å². The molecule has 4 nitrogen and oxygen atoms in total. The van der Waals surface area contributed by atoms with Crippen molar-refractivity contribution in [3.8, 4) is 6.07 Å². The first kappa shape index (κ1) is 12.4. The fraction of sp³-hybridized carbons (Fsp3) is 0.429. The molecular weight excluding hydrogens is 226 g/mol. The summed E-state index contributed by atoms with van der Waals surface area (Å²) in [6, 6.07) is 9.51. The molecule has 1 heterocycles. The number of benzene rings is 1. The Kier molecular flexibility index (Phi) is 3.83. The topological polar surface area (TPSA) is 56.1 Å². The fourth-order valence-corrected chi connectivity index (χ4v) is 2.48. The number of anilines is 1. The Morgan fingerprint density at radius 3 is 2.94 bits per heavy atom. The van der Waals surface area contributed by atoms with Crippen LogP contribution in [-0.2, 0) is 4.79 Å². The molecule has 1 N–H and O–H groups in total. The van der Waals surface area contributed by atoms with Gasteiger partial charge < -0.3 is 10.2 Å². The second-order valence-electron chi connectivity index (χ2n) is 4.45. The summed E-state index contributed by atoms with van der Waals surface area (Å²) in [6.07, 6.45) is 2.97. The molecule has 94 valence electrons. The molecular formula is C14H17N3O. The summed E-state index contributed by atoms with van der Waals surface area (Å²) in [5.74, 6) is 0.0300. The second-order valence-corrected chi connectivity index (χ2v) is 4.45. The Bertz CT molecular complexity index is 478. The smallest absolute Gasteiger partial charge is 0.242 e. The minimum absolute atomic E-state index is 0.0300. The van der Waals surface area contributed by atoms with E-state index in [1.807, 2.05) is 18.2 Å². The van der Waals surface area contributed by atoms with Crippen molar-refractivity contribution in [3.63, 3.8) is 0 Å². The van der Waals surface area contributed by atoms with Crippen molar-refractivity contribution in [2.24, 2.45) is 0 Å². The maximum atomic E-state index is 11.9. The van der Waals surface area contributed by atoms with Gasteiger partial charge in [0.1, 0.15) is 12.1 Å². The zero-order valence-electron chi connectivity index (χ0n) is 10.5. The van der Waals surface area contributed by atoms with Crippen LogP contribution in [0.15, 0.2) is 24.3 Å². The first-order valence-corrected chi connectivity index (χ1v) is 6.25. The SMILES string of the molecule is CNC(=O)C1CCCCN1c1ccccc1C#N. The van der Waals surface area contributed by atoms with E-state index in [0.717, 1.165) is 31.5 Å². The summed E-state index contributed by atoms with van der Waals surface area (Å²) in [5, 5.41) is 11.9. The molecule has 1 aliphatic rings. The Morgan fingerprint density at radius 2 is 2.22 bits per heavy atom. The van der Waals surface area contributed by atoms with Crippen LogP contribution in [0.2, 0.25) is 0 Å². The largest absolute Gasteiger partial charge is 0.358 e. The maximum Gasteiger partial charge on any atom is 0.242 e. The molecule has 1 fully saturated rings. The van der Waals surface area contributed by atoms with E-state index in [-0.39, 0.29) is 11.9 Å². The predicted molar refractivity (Wildman–Crippen MR) is 70.2 cm³/mol. The Hall–Kier alpha value is -2.02. The molecule has 0 bridgehead atoms. The van der Waals surface area contributed by atoms with Gasteiger partial charge in [0.15, 0.2) is 0 Å². The number of amides is 1.